The number of amides is 1. The van der Waals surface area contributed by atoms with Crippen molar-refractivity contribution in [2.75, 3.05) is 22.4 Å². The zero-order chi connectivity index (χ0) is 18.4. The Hall–Kier alpha value is -2.34. The van der Waals surface area contributed by atoms with Crippen LogP contribution in [0.5, 0.6) is 0 Å². The largest absolute Gasteiger partial charge is 0.326 e. The van der Waals surface area contributed by atoms with E-state index in [0.29, 0.717) is 5.69 Å². The lowest BCUT2D eigenvalue weighted by molar-refractivity contribution is -0.116. The van der Waals surface area contributed by atoms with E-state index in [1.54, 1.807) is 12.1 Å². The van der Waals surface area contributed by atoms with Crippen molar-refractivity contribution in [2.45, 2.75) is 26.7 Å². The number of aryl methyl sites for hydroxylation is 2. The van der Waals surface area contributed by atoms with Gasteiger partial charge < -0.3 is 5.32 Å². The molecule has 0 bridgehead atoms. The number of nitrogens with zero attached hydrogens (tertiary/aromatic N) is 1. The van der Waals surface area contributed by atoms with Gasteiger partial charge in [-0.25, -0.2) is 8.42 Å². The van der Waals surface area contributed by atoms with Gasteiger partial charge in [0.15, 0.2) is 0 Å². The summed E-state index contributed by atoms with van der Waals surface area (Å²) < 4.78 is 25.5. The number of hydrogen-bond donors (Lipinski definition) is 1. The molecule has 0 atom stereocenters. The summed E-state index contributed by atoms with van der Waals surface area (Å²) in [7, 11) is -3.46. The Balaban J connectivity index is 2.07. The van der Waals surface area contributed by atoms with Crippen molar-refractivity contribution < 1.29 is 13.2 Å². The van der Waals surface area contributed by atoms with Crippen LogP contribution in [-0.2, 0) is 21.2 Å². The van der Waals surface area contributed by atoms with Gasteiger partial charge in [0.25, 0.3) is 0 Å². The minimum absolute atomic E-state index is 0.0803. The van der Waals surface area contributed by atoms with Gasteiger partial charge in [-0.1, -0.05) is 37.3 Å². The quantitative estimate of drug-likeness (QED) is 0.823. The van der Waals surface area contributed by atoms with Gasteiger partial charge in [0.05, 0.1) is 11.9 Å². The summed E-state index contributed by atoms with van der Waals surface area (Å²) in [6, 6.07) is 14.8. The molecule has 0 spiro atoms. The number of carbonyl (C=O) groups is 1. The maximum atomic E-state index is 12.2. The van der Waals surface area contributed by atoms with Gasteiger partial charge in [-0.05, 0) is 42.7 Å². The third-order valence-corrected chi connectivity index (χ3v) is 5.19. The summed E-state index contributed by atoms with van der Waals surface area (Å²) in [6.07, 6.45) is 2.12. The lowest BCUT2D eigenvalue weighted by Gasteiger charge is -2.22. The molecule has 2 aromatic rings. The van der Waals surface area contributed by atoms with Crippen molar-refractivity contribution in [1.82, 2.24) is 0 Å². The third kappa shape index (κ3) is 5.32. The molecule has 0 heterocycles. The number of sulfonamides is 1. The molecule has 0 radical (unpaired) electrons. The molecule has 1 amide bonds. The molecule has 0 aliphatic rings. The minimum atomic E-state index is -3.46. The fraction of sp³-hybridized carbons (Fsp3) is 0.316. The Bertz CT molecular complexity index is 830. The normalized spacial score (nSPS) is 11.2. The zero-order valence-corrected chi connectivity index (χ0v) is 15.6. The highest BCUT2D eigenvalue weighted by Crippen LogP contribution is 2.19. The van der Waals surface area contributed by atoms with Gasteiger partial charge in [-0.3, -0.25) is 9.10 Å². The Morgan fingerprint density at radius 2 is 1.72 bits per heavy atom. The molecule has 0 aliphatic carbocycles. The van der Waals surface area contributed by atoms with E-state index in [1.807, 2.05) is 50.2 Å². The molecule has 0 aliphatic heterocycles. The lowest BCUT2D eigenvalue weighted by atomic mass is 10.1. The fourth-order valence-electron chi connectivity index (χ4n) is 2.51. The van der Waals surface area contributed by atoms with Gasteiger partial charge in [-0.2, -0.15) is 0 Å². The molecule has 25 heavy (non-hydrogen) atoms. The predicted molar refractivity (Wildman–Crippen MR) is 102 cm³/mol. The number of hydrogen-bond acceptors (Lipinski definition) is 3. The molecule has 5 nitrogen and oxygen atoms in total. The van der Waals surface area contributed by atoms with E-state index in [9.17, 15) is 13.2 Å². The van der Waals surface area contributed by atoms with Crippen LogP contribution in [0.3, 0.4) is 0 Å². The topological polar surface area (TPSA) is 66.5 Å². The maximum Gasteiger partial charge on any atom is 0.232 e. The van der Waals surface area contributed by atoms with E-state index in [2.05, 4.69) is 5.32 Å². The Morgan fingerprint density at radius 1 is 1.08 bits per heavy atom. The molecule has 2 rings (SSSR count). The summed E-state index contributed by atoms with van der Waals surface area (Å²) in [5.74, 6) is -0.215. The first kappa shape index (κ1) is 19.0. The van der Waals surface area contributed by atoms with Crippen molar-refractivity contribution in [2.24, 2.45) is 0 Å². The summed E-state index contributed by atoms with van der Waals surface area (Å²) in [4.78, 5) is 12.2. The molecule has 2 aromatic carbocycles. The van der Waals surface area contributed by atoms with Crippen molar-refractivity contribution in [1.29, 1.82) is 0 Å². The highest BCUT2D eigenvalue weighted by Gasteiger charge is 2.18. The molecular formula is C19H24N2O3S. The maximum absolute atomic E-state index is 12.2. The highest BCUT2D eigenvalue weighted by atomic mass is 32.2. The smallest absolute Gasteiger partial charge is 0.232 e. The van der Waals surface area contributed by atoms with Crippen LogP contribution in [0.15, 0.2) is 48.5 Å². The summed E-state index contributed by atoms with van der Waals surface area (Å²) >= 11 is 0. The first-order valence-electron chi connectivity index (χ1n) is 8.23. The Morgan fingerprint density at radius 3 is 2.28 bits per heavy atom. The first-order chi connectivity index (χ1) is 11.8. The second kappa shape index (κ2) is 8.16. The summed E-state index contributed by atoms with van der Waals surface area (Å²) in [5, 5.41) is 2.83. The second-order valence-electron chi connectivity index (χ2n) is 5.97. The van der Waals surface area contributed by atoms with E-state index < -0.39 is 10.0 Å². The number of carbonyl (C=O) groups excluding carboxylic acids is 1. The van der Waals surface area contributed by atoms with Crippen LogP contribution in [0.25, 0.3) is 0 Å². The van der Waals surface area contributed by atoms with Gasteiger partial charge in [0, 0.05) is 18.7 Å². The fourth-order valence-corrected chi connectivity index (χ4v) is 3.44. The number of benzene rings is 2. The average molecular weight is 360 g/mol. The van der Waals surface area contributed by atoms with Crippen LogP contribution in [0.4, 0.5) is 11.4 Å². The second-order valence-corrected chi connectivity index (χ2v) is 7.88. The van der Waals surface area contributed by atoms with Crippen LogP contribution >= 0.6 is 0 Å². The van der Waals surface area contributed by atoms with E-state index in [0.717, 1.165) is 29.5 Å². The SMILES string of the molecule is CCc1ccc(N(CCC(=O)Nc2ccccc2C)S(C)(=O)=O)cc1. The average Bonchev–Trinajstić information content (AvgIpc) is 2.56. The van der Waals surface area contributed by atoms with Crippen LogP contribution < -0.4 is 9.62 Å². The van der Waals surface area contributed by atoms with E-state index >= 15 is 0 Å². The van der Waals surface area contributed by atoms with Gasteiger partial charge in [0.2, 0.25) is 15.9 Å². The Labute approximate surface area is 149 Å². The molecule has 1 N–H and O–H groups in total. The number of nitrogens with one attached hydrogen (secondary N) is 1. The molecule has 0 saturated carbocycles. The van der Waals surface area contributed by atoms with Crippen LogP contribution in [0.2, 0.25) is 0 Å². The molecule has 0 aromatic heterocycles. The van der Waals surface area contributed by atoms with Crippen LogP contribution in [0.1, 0.15) is 24.5 Å². The molecule has 0 unspecified atom stereocenters. The number of anilines is 2. The first-order valence-corrected chi connectivity index (χ1v) is 10.1. The standard InChI is InChI=1S/C19H24N2O3S/c1-4-16-9-11-17(12-10-16)21(25(3,23)24)14-13-19(22)20-18-8-6-5-7-15(18)2/h5-12H,4,13-14H2,1-3H3,(H,20,22). The number of rotatable bonds is 7. The lowest BCUT2D eigenvalue weighted by Crippen LogP contribution is -2.33. The summed E-state index contributed by atoms with van der Waals surface area (Å²) in [6.45, 7) is 4.05. The molecule has 6 heteroatoms. The van der Waals surface area contributed by atoms with E-state index in [4.69, 9.17) is 0 Å². The monoisotopic (exact) mass is 360 g/mol. The van der Waals surface area contributed by atoms with Gasteiger partial charge in [-0.15, -0.1) is 0 Å². The van der Waals surface area contributed by atoms with E-state index in [-0.39, 0.29) is 18.9 Å². The van der Waals surface area contributed by atoms with Crippen molar-refractivity contribution >= 4 is 27.3 Å². The highest BCUT2D eigenvalue weighted by molar-refractivity contribution is 7.92. The van der Waals surface area contributed by atoms with Crippen molar-refractivity contribution in [3.05, 3.63) is 59.7 Å². The van der Waals surface area contributed by atoms with Crippen LogP contribution in [0, 0.1) is 6.92 Å². The molecule has 0 saturated heterocycles. The van der Waals surface area contributed by atoms with Gasteiger partial charge in [0.1, 0.15) is 0 Å². The summed E-state index contributed by atoms with van der Waals surface area (Å²) in [5.41, 5.74) is 3.41. The van der Waals surface area contributed by atoms with Crippen molar-refractivity contribution in [3.8, 4) is 0 Å². The zero-order valence-electron chi connectivity index (χ0n) is 14.8. The number of para-hydroxylation sites is 1. The molecule has 0 fully saturated rings. The third-order valence-electron chi connectivity index (χ3n) is 3.99. The van der Waals surface area contributed by atoms with Crippen LogP contribution in [-0.4, -0.2) is 27.1 Å². The van der Waals surface area contributed by atoms with Gasteiger partial charge >= 0.3 is 0 Å². The predicted octanol–water partition coefficient (Wildman–Crippen LogP) is 3.35. The van der Waals surface area contributed by atoms with Crippen molar-refractivity contribution in [3.63, 3.8) is 0 Å². The minimum Gasteiger partial charge on any atom is -0.326 e. The molecule has 134 valence electrons. The Kier molecular flexibility index (Phi) is 6.20. The van der Waals surface area contributed by atoms with E-state index in [1.165, 1.54) is 4.31 Å². The molecular weight excluding hydrogens is 336 g/mol.